The molecule has 88 valence electrons. The maximum absolute atomic E-state index is 3.49. The Morgan fingerprint density at radius 2 is 2.06 bits per heavy atom. The summed E-state index contributed by atoms with van der Waals surface area (Å²) in [4.78, 5) is 0. The smallest absolute Gasteiger partial charge is 0.0387 e. The average molecular weight is 218 g/mol. The molecule has 2 rings (SSSR count). The first-order valence-electron chi connectivity index (χ1n) is 6.10. The number of benzene rings is 1. The highest BCUT2D eigenvalue weighted by molar-refractivity contribution is 5.28. The Bertz CT molecular complexity index is 356. The molecule has 1 unspecified atom stereocenters. The predicted molar refractivity (Wildman–Crippen MR) is 68.6 cm³/mol. The molecule has 1 saturated carbocycles. The number of hydrogen-bond donors (Lipinski definition) is 2. The summed E-state index contributed by atoms with van der Waals surface area (Å²) in [6.07, 6.45) is 2.65. The van der Waals surface area contributed by atoms with Crippen molar-refractivity contribution >= 4 is 0 Å². The van der Waals surface area contributed by atoms with E-state index in [1.807, 2.05) is 7.05 Å². The van der Waals surface area contributed by atoms with Gasteiger partial charge in [0.25, 0.3) is 0 Å². The third-order valence-corrected chi connectivity index (χ3v) is 3.70. The topological polar surface area (TPSA) is 24.1 Å². The largest absolute Gasteiger partial charge is 0.319 e. The lowest BCUT2D eigenvalue weighted by atomic mass is 9.89. The van der Waals surface area contributed by atoms with Crippen molar-refractivity contribution in [2.45, 2.75) is 25.8 Å². The molecule has 1 aliphatic rings. The van der Waals surface area contributed by atoms with Crippen molar-refractivity contribution in [2.24, 2.45) is 5.41 Å². The van der Waals surface area contributed by atoms with Crippen molar-refractivity contribution in [2.75, 3.05) is 20.6 Å². The fourth-order valence-corrected chi connectivity index (χ4v) is 2.76. The highest BCUT2D eigenvalue weighted by Gasteiger charge is 2.48. The maximum Gasteiger partial charge on any atom is 0.0387 e. The van der Waals surface area contributed by atoms with E-state index >= 15 is 0 Å². The Kier molecular flexibility index (Phi) is 3.31. The first-order chi connectivity index (χ1) is 7.72. The van der Waals surface area contributed by atoms with Gasteiger partial charge in [0.1, 0.15) is 0 Å². The second kappa shape index (κ2) is 4.56. The lowest BCUT2D eigenvalue weighted by Gasteiger charge is -2.27. The molecule has 1 aromatic carbocycles. The number of nitrogens with one attached hydrogen (secondary N) is 2. The molecule has 1 aromatic rings. The number of rotatable bonds is 5. The summed E-state index contributed by atoms with van der Waals surface area (Å²) in [5.41, 5.74) is 3.21. The summed E-state index contributed by atoms with van der Waals surface area (Å²) in [5.74, 6) is 0. The van der Waals surface area contributed by atoms with Crippen LogP contribution in [0.2, 0.25) is 0 Å². The van der Waals surface area contributed by atoms with Crippen LogP contribution in [0, 0.1) is 12.3 Å². The second-order valence-electron chi connectivity index (χ2n) is 5.03. The monoisotopic (exact) mass is 218 g/mol. The standard InChI is InChI=1S/C14H22N2/c1-11-5-4-6-12(9-11)13(16-3)14(7-8-14)10-15-2/h4-6,9,13,15-16H,7-8,10H2,1-3H3. The van der Waals surface area contributed by atoms with Crippen LogP contribution >= 0.6 is 0 Å². The van der Waals surface area contributed by atoms with Crippen molar-refractivity contribution < 1.29 is 0 Å². The molecule has 0 bridgehead atoms. The van der Waals surface area contributed by atoms with Gasteiger partial charge in [-0.3, -0.25) is 0 Å². The third kappa shape index (κ3) is 2.13. The van der Waals surface area contributed by atoms with Gasteiger partial charge in [-0.2, -0.15) is 0 Å². The highest BCUT2D eigenvalue weighted by Crippen LogP contribution is 2.54. The van der Waals surface area contributed by atoms with Crippen LogP contribution in [0.15, 0.2) is 24.3 Å². The molecule has 16 heavy (non-hydrogen) atoms. The zero-order valence-corrected chi connectivity index (χ0v) is 10.5. The van der Waals surface area contributed by atoms with Crippen LogP contribution in [0.3, 0.4) is 0 Å². The van der Waals surface area contributed by atoms with Crippen LogP contribution in [0.5, 0.6) is 0 Å². The van der Waals surface area contributed by atoms with Gasteiger partial charge in [-0.05, 0) is 39.4 Å². The minimum absolute atomic E-state index is 0.442. The lowest BCUT2D eigenvalue weighted by Crippen LogP contribution is -2.33. The fraction of sp³-hybridized carbons (Fsp3) is 0.571. The summed E-state index contributed by atoms with van der Waals surface area (Å²) in [6, 6.07) is 9.35. The van der Waals surface area contributed by atoms with Crippen molar-refractivity contribution in [3.8, 4) is 0 Å². The fourth-order valence-electron chi connectivity index (χ4n) is 2.76. The van der Waals surface area contributed by atoms with E-state index in [4.69, 9.17) is 0 Å². The van der Waals surface area contributed by atoms with E-state index < -0.39 is 0 Å². The van der Waals surface area contributed by atoms with E-state index in [9.17, 15) is 0 Å². The van der Waals surface area contributed by atoms with Gasteiger partial charge in [0.15, 0.2) is 0 Å². The first-order valence-corrected chi connectivity index (χ1v) is 6.10. The van der Waals surface area contributed by atoms with Crippen LogP contribution in [0.1, 0.15) is 30.0 Å². The molecule has 0 aromatic heterocycles. The van der Waals surface area contributed by atoms with Gasteiger partial charge >= 0.3 is 0 Å². The van der Waals surface area contributed by atoms with Crippen molar-refractivity contribution in [1.82, 2.24) is 10.6 Å². The van der Waals surface area contributed by atoms with Gasteiger partial charge in [-0.25, -0.2) is 0 Å². The summed E-state index contributed by atoms with van der Waals surface area (Å²) >= 11 is 0. The first kappa shape index (κ1) is 11.6. The molecule has 0 saturated heterocycles. The van der Waals surface area contributed by atoms with Crippen LogP contribution in [0.4, 0.5) is 0 Å². The zero-order chi connectivity index (χ0) is 11.6. The Balaban J connectivity index is 2.23. The molecule has 1 atom stereocenters. The Morgan fingerprint density at radius 3 is 2.56 bits per heavy atom. The van der Waals surface area contributed by atoms with Gasteiger partial charge in [-0.15, -0.1) is 0 Å². The molecular weight excluding hydrogens is 196 g/mol. The van der Waals surface area contributed by atoms with Crippen molar-refractivity contribution in [3.05, 3.63) is 35.4 Å². The highest BCUT2D eigenvalue weighted by atomic mass is 15.0. The molecule has 0 amide bonds. The van der Waals surface area contributed by atoms with Gasteiger partial charge in [0, 0.05) is 18.0 Å². The molecule has 0 aliphatic heterocycles. The molecule has 0 radical (unpaired) electrons. The normalized spacial score (nSPS) is 19.4. The minimum Gasteiger partial charge on any atom is -0.319 e. The SMILES string of the molecule is CNCC1(C(NC)c2cccc(C)c2)CC1. The molecule has 0 spiro atoms. The quantitative estimate of drug-likeness (QED) is 0.792. The zero-order valence-electron chi connectivity index (χ0n) is 10.5. The minimum atomic E-state index is 0.442. The van der Waals surface area contributed by atoms with Crippen LogP contribution in [0.25, 0.3) is 0 Å². The Labute approximate surface area is 98.4 Å². The van der Waals surface area contributed by atoms with Crippen LogP contribution in [-0.4, -0.2) is 20.6 Å². The van der Waals surface area contributed by atoms with Crippen molar-refractivity contribution in [3.63, 3.8) is 0 Å². The average Bonchev–Trinajstić information content (AvgIpc) is 3.00. The number of aryl methyl sites for hydroxylation is 1. The van der Waals surface area contributed by atoms with Gasteiger partial charge < -0.3 is 10.6 Å². The molecule has 0 heterocycles. The maximum atomic E-state index is 3.49. The molecule has 2 N–H and O–H groups in total. The van der Waals surface area contributed by atoms with E-state index in [2.05, 4.69) is 48.9 Å². The summed E-state index contributed by atoms with van der Waals surface area (Å²) in [7, 11) is 4.12. The van der Waals surface area contributed by atoms with Crippen molar-refractivity contribution in [1.29, 1.82) is 0 Å². The van der Waals surface area contributed by atoms with E-state index in [1.165, 1.54) is 24.0 Å². The summed E-state index contributed by atoms with van der Waals surface area (Å²) in [6.45, 7) is 3.26. The molecule has 2 nitrogen and oxygen atoms in total. The molecular formula is C14H22N2. The van der Waals surface area contributed by atoms with Crippen LogP contribution < -0.4 is 10.6 Å². The summed E-state index contributed by atoms with van der Waals surface area (Å²) in [5, 5.41) is 6.82. The molecule has 2 heteroatoms. The molecule has 1 fully saturated rings. The van der Waals surface area contributed by atoms with E-state index in [0.717, 1.165) is 6.54 Å². The van der Waals surface area contributed by atoms with E-state index in [0.29, 0.717) is 11.5 Å². The number of hydrogen-bond acceptors (Lipinski definition) is 2. The van der Waals surface area contributed by atoms with Crippen LogP contribution in [-0.2, 0) is 0 Å². The lowest BCUT2D eigenvalue weighted by molar-refractivity contribution is 0.347. The van der Waals surface area contributed by atoms with Gasteiger partial charge in [-0.1, -0.05) is 29.8 Å². The Morgan fingerprint density at radius 1 is 1.31 bits per heavy atom. The predicted octanol–water partition coefficient (Wildman–Crippen LogP) is 2.26. The van der Waals surface area contributed by atoms with E-state index in [-0.39, 0.29) is 0 Å². The molecule has 1 aliphatic carbocycles. The van der Waals surface area contributed by atoms with E-state index in [1.54, 1.807) is 0 Å². The summed E-state index contributed by atoms with van der Waals surface area (Å²) < 4.78 is 0. The second-order valence-corrected chi connectivity index (χ2v) is 5.03. The van der Waals surface area contributed by atoms with Gasteiger partial charge in [0.2, 0.25) is 0 Å². The Hall–Kier alpha value is -0.860. The van der Waals surface area contributed by atoms with Gasteiger partial charge in [0.05, 0.1) is 0 Å². The third-order valence-electron chi connectivity index (χ3n) is 3.70.